The molecule has 4 saturated carbocycles. The van der Waals surface area contributed by atoms with Crippen molar-refractivity contribution in [2.24, 2.45) is 35.0 Å². The molecule has 320 valence electrons. The molecule has 0 aliphatic heterocycles. The smallest absolute Gasteiger partial charge is 1.00 e. The van der Waals surface area contributed by atoms with Gasteiger partial charge in [0.15, 0.2) is 0 Å². The quantitative estimate of drug-likeness (QED) is 0.153. The van der Waals surface area contributed by atoms with E-state index in [1.807, 2.05) is 3.28 Å². The molecule has 0 radical (unpaired) electrons. The van der Waals surface area contributed by atoms with Gasteiger partial charge in [-0.3, -0.25) is 0 Å². The van der Waals surface area contributed by atoms with Gasteiger partial charge in [-0.05, 0) is 0 Å². The van der Waals surface area contributed by atoms with E-state index in [4.69, 9.17) is 0 Å². The fraction of sp³-hybridized carbons (Fsp3) is 0.407. The molecule has 1 atom stereocenters. The van der Waals surface area contributed by atoms with Gasteiger partial charge in [-0.25, -0.2) is 0 Å². The summed E-state index contributed by atoms with van der Waals surface area (Å²) in [7, 11) is 0. The van der Waals surface area contributed by atoms with Crippen molar-refractivity contribution in [1.29, 1.82) is 0 Å². The van der Waals surface area contributed by atoms with Crippen LogP contribution in [-0.2, 0) is 32.1 Å². The topological polar surface area (TPSA) is 0 Å². The van der Waals surface area contributed by atoms with Crippen LogP contribution < -0.4 is 24.8 Å². The van der Waals surface area contributed by atoms with Crippen LogP contribution in [0.25, 0.3) is 33.4 Å². The molecule has 11 rings (SSSR count). The van der Waals surface area contributed by atoms with Crippen LogP contribution in [0.3, 0.4) is 0 Å². The molecule has 62 heavy (non-hydrogen) atoms. The van der Waals surface area contributed by atoms with E-state index in [9.17, 15) is 0 Å². The number of benzene rings is 5. The molecule has 0 N–H and O–H groups in total. The van der Waals surface area contributed by atoms with Crippen LogP contribution in [0.15, 0.2) is 136 Å². The Morgan fingerprint density at radius 1 is 0.597 bits per heavy atom. The zero-order chi connectivity index (χ0) is 41.7. The summed E-state index contributed by atoms with van der Waals surface area (Å²) in [6.45, 7) is 22.3. The van der Waals surface area contributed by atoms with Crippen LogP contribution in [0, 0.1) is 35.0 Å². The molecular weight excluding hydrogens is 871 g/mol. The Morgan fingerprint density at radius 3 is 1.45 bits per heavy atom. The van der Waals surface area contributed by atoms with E-state index in [2.05, 4.69) is 190 Å². The van der Waals surface area contributed by atoms with Crippen LogP contribution in [0.4, 0.5) is 0 Å². The normalized spacial score (nSPS) is 25.0. The first-order chi connectivity index (χ1) is 28.7. The largest absolute Gasteiger partial charge is 1.00 e. The Morgan fingerprint density at radius 2 is 1.03 bits per heavy atom. The van der Waals surface area contributed by atoms with Crippen LogP contribution >= 0.6 is 0 Å². The second-order valence-corrected chi connectivity index (χ2v) is 28.2. The third-order valence-electron chi connectivity index (χ3n) is 16.2. The van der Waals surface area contributed by atoms with Gasteiger partial charge < -0.3 is 24.8 Å². The van der Waals surface area contributed by atoms with Gasteiger partial charge in [0.2, 0.25) is 0 Å². The summed E-state index contributed by atoms with van der Waals surface area (Å²) in [6, 6.07) is 45.0. The number of hydrogen-bond acceptors (Lipinski definition) is 0. The maximum atomic E-state index is 2.89. The average molecular weight is 937 g/mol. The zero-order valence-corrected chi connectivity index (χ0v) is 42.6. The van der Waals surface area contributed by atoms with Gasteiger partial charge in [0.1, 0.15) is 0 Å². The molecular formula is C59H66Cl2Zr. The first-order valence-corrected chi connectivity index (χ1v) is 27.3. The van der Waals surface area contributed by atoms with Crippen molar-refractivity contribution in [2.75, 3.05) is 0 Å². The average Bonchev–Trinajstić information content (AvgIpc) is 3.77. The molecule has 6 aliphatic rings. The number of halogens is 2. The monoisotopic (exact) mass is 934 g/mol. The van der Waals surface area contributed by atoms with Crippen molar-refractivity contribution in [2.45, 2.75) is 115 Å². The van der Waals surface area contributed by atoms with Gasteiger partial charge in [0.05, 0.1) is 0 Å². The Hall–Kier alpha value is -3.09. The van der Waals surface area contributed by atoms with E-state index in [1.54, 1.807) is 19.9 Å². The van der Waals surface area contributed by atoms with Crippen molar-refractivity contribution in [3.63, 3.8) is 0 Å². The number of fused-ring (bicyclic) bond motifs is 3. The summed E-state index contributed by atoms with van der Waals surface area (Å²) < 4.78 is 3.97. The van der Waals surface area contributed by atoms with Crippen LogP contribution in [0.5, 0.6) is 0 Å². The summed E-state index contributed by atoms with van der Waals surface area (Å²) in [4.78, 5) is 0. The minimum absolute atomic E-state index is 0. The molecule has 5 aromatic carbocycles. The Bertz CT molecular complexity index is 2430. The molecule has 0 spiro atoms. The molecule has 1 unspecified atom stereocenters. The molecule has 4 fully saturated rings. The summed E-state index contributed by atoms with van der Waals surface area (Å²) >= 11 is -2.91. The Kier molecular flexibility index (Phi) is 12.5. The maximum absolute atomic E-state index is 2.91. The van der Waals surface area contributed by atoms with Gasteiger partial charge in [-0.15, -0.1) is 0 Å². The van der Waals surface area contributed by atoms with Gasteiger partial charge >= 0.3 is 372 Å². The van der Waals surface area contributed by atoms with Gasteiger partial charge in [-0.1, -0.05) is 0 Å². The second kappa shape index (κ2) is 17.0. The zero-order valence-electron chi connectivity index (χ0n) is 38.6. The van der Waals surface area contributed by atoms with Crippen molar-refractivity contribution in [1.82, 2.24) is 0 Å². The first-order valence-electron chi connectivity index (χ1n) is 23.4. The molecule has 0 aromatic heterocycles. The number of allylic oxidation sites excluding steroid dienone is 4. The van der Waals surface area contributed by atoms with Gasteiger partial charge in [0, 0.05) is 0 Å². The van der Waals surface area contributed by atoms with Crippen molar-refractivity contribution >= 4 is 3.21 Å². The van der Waals surface area contributed by atoms with Gasteiger partial charge in [-0.2, -0.15) is 0 Å². The molecule has 0 saturated heterocycles. The molecule has 5 aromatic rings. The van der Waals surface area contributed by atoms with E-state index in [-0.39, 0.29) is 35.6 Å². The number of rotatable bonds is 7. The molecule has 6 aliphatic carbocycles. The summed E-state index contributed by atoms with van der Waals surface area (Å²) in [6.07, 6.45) is 14.1. The van der Waals surface area contributed by atoms with Crippen molar-refractivity contribution in [3.8, 4) is 33.4 Å². The predicted molar refractivity (Wildman–Crippen MR) is 253 cm³/mol. The predicted octanol–water partition coefficient (Wildman–Crippen LogP) is 9.86. The first kappa shape index (κ1) is 45.5. The van der Waals surface area contributed by atoms with Crippen molar-refractivity contribution < 1.29 is 46.1 Å². The summed E-state index contributed by atoms with van der Waals surface area (Å²) in [5, 5.41) is 0. The molecule has 0 nitrogen and oxygen atoms in total. The Labute approximate surface area is 394 Å². The molecule has 3 heteroatoms. The third-order valence-corrected chi connectivity index (χ3v) is 25.3. The minimum Gasteiger partial charge on any atom is -1.00 e. The van der Waals surface area contributed by atoms with Crippen molar-refractivity contribution in [3.05, 3.63) is 164 Å². The van der Waals surface area contributed by atoms with Crippen LogP contribution in [0.2, 0.25) is 0 Å². The third kappa shape index (κ3) is 7.61. The Balaban J connectivity index is 0.00000264. The summed E-state index contributed by atoms with van der Waals surface area (Å²) in [5.41, 5.74) is 18.0. The standard InChI is InChI=1S/C33H33.C17H23.C9H10.2ClH.Zr/c1-32(2,3)30-20-26-24(18-28(30)22-13-9-7-10-14-22)17-25-19-29(23-15-11-8-12-16-23)31(21-27(25)26)33(4,5)6;1-11-3-4-14(5-11)17(2)15-7-12-6-13(9-15)10-16(17)8-12;1-2-6-9-7-4-3-5-8-9;;;/h7-21H,1-6H3;4-5,11-13,15-16H,6-10H2,1-2H3;3-5,7-8H,2H2,1H3;2*1H;/q;;;;;+2/p-2. The van der Waals surface area contributed by atoms with E-state index in [1.165, 1.54) is 82.2 Å². The fourth-order valence-corrected chi connectivity index (χ4v) is 22.8. The molecule has 0 heterocycles. The van der Waals surface area contributed by atoms with E-state index in [0.717, 1.165) is 30.1 Å². The molecule has 4 bridgehead atoms. The SMILES string of the molecule is CC/[C](c1ccccc1)=[Zr+2](/[C]1=CC(C2(C)C3CC4CC(C3)CC2C4)=CC1C)[CH]1c2cc(-c3ccccc3)c(C(C)(C)C)cc2-c2cc(C(C)(C)C)c(-c3ccccc3)cc21.[Cl-].[Cl-]. The second-order valence-electron chi connectivity index (χ2n) is 21.8. The fourth-order valence-electron chi connectivity index (χ4n) is 13.3. The van der Waals surface area contributed by atoms with Crippen LogP contribution in [-0.4, -0.2) is 3.21 Å². The van der Waals surface area contributed by atoms with E-state index < -0.39 is 21.3 Å². The minimum atomic E-state index is -2.91. The maximum Gasteiger partial charge on any atom is -1.00 e. The number of hydrogen-bond donors (Lipinski definition) is 0. The van der Waals surface area contributed by atoms with Crippen LogP contribution in [0.1, 0.15) is 132 Å². The van der Waals surface area contributed by atoms with Gasteiger partial charge in [0.25, 0.3) is 0 Å². The van der Waals surface area contributed by atoms with E-state index in [0.29, 0.717) is 15.0 Å². The molecule has 0 amide bonds. The van der Waals surface area contributed by atoms with E-state index >= 15 is 0 Å². The summed E-state index contributed by atoms with van der Waals surface area (Å²) in [5.74, 6) is 4.12.